The zero-order chi connectivity index (χ0) is 25.7. The summed E-state index contributed by atoms with van der Waals surface area (Å²) < 4.78 is 34.6. The molecule has 0 atom stereocenters. The zero-order valence-electron chi connectivity index (χ0n) is 19.4. The number of carbonyl (C=O) groups excluding carboxylic acids is 1. The van der Waals surface area contributed by atoms with E-state index in [0.717, 1.165) is 5.69 Å². The predicted octanol–water partition coefficient (Wildman–Crippen LogP) is 4.21. The third-order valence-corrected chi connectivity index (χ3v) is 6.23. The summed E-state index contributed by atoms with van der Waals surface area (Å²) in [4.78, 5) is 21.0. The molecule has 186 valence electrons. The van der Waals surface area contributed by atoms with E-state index in [1.54, 1.807) is 18.3 Å². The van der Waals surface area contributed by atoms with Crippen molar-refractivity contribution < 1.29 is 17.9 Å². The van der Waals surface area contributed by atoms with Gasteiger partial charge in [-0.25, -0.2) is 19.4 Å². The summed E-state index contributed by atoms with van der Waals surface area (Å²) in [5.74, 6) is 0.459. The monoisotopic (exact) mass is 526 g/mol. The van der Waals surface area contributed by atoms with Crippen molar-refractivity contribution in [2.75, 3.05) is 11.9 Å². The van der Waals surface area contributed by atoms with Gasteiger partial charge in [0, 0.05) is 18.0 Å². The number of nitrogens with zero attached hydrogens (tertiary/aromatic N) is 4. The second kappa shape index (κ2) is 10.8. The fourth-order valence-electron chi connectivity index (χ4n) is 3.02. The molecule has 1 aromatic carbocycles. The Morgan fingerprint density at radius 1 is 1.03 bits per heavy atom. The van der Waals surface area contributed by atoms with E-state index in [2.05, 4.69) is 20.4 Å². The van der Waals surface area contributed by atoms with Gasteiger partial charge in [0.25, 0.3) is 15.9 Å². The van der Waals surface area contributed by atoms with E-state index in [9.17, 15) is 13.2 Å². The Labute approximate surface area is 213 Å². The number of halogens is 1. The molecule has 0 aliphatic rings. The molecule has 2 N–H and O–H groups in total. The van der Waals surface area contributed by atoms with E-state index in [-0.39, 0.29) is 15.7 Å². The number of amides is 1. The van der Waals surface area contributed by atoms with Crippen LogP contribution in [0, 0.1) is 5.92 Å². The fraction of sp³-hybridized carbons (Fsp3) is 0.167. The predicted molar refractivity (Wildman–Crippen MR) is 135 cm³/mol. The van der Waals surface area contributed by atoms with Crippen molar-refractivity contribution in [2.24, 2.45) is 5.92 Å². The molecule has 0 saturated carbocycles. The van der Waals surface area contributed by atoms with Crippen molar-refractivity contribution in [3.63, 3.8) is 0 Å². The molecule has 12 heteroatoms. The number of pyridine rings is 2. The summed E-state index contributed by atoms with van der Waals surface area (Å²) in [5, 5.41) is 6.76. The first-order valence-electron chi connectivity index (χ1n) is 10.9. The zero-order valence-corrected chi connectivity index (χ0v) is 21.0. The number of benzene rings is 1. The van der Waals surface area contributed by atoms with Crippen LogP contribution in [0.3, 0.4) is 0 Å². The Morgan fingerprint density at radius 2 is 1.81 bits per heavy atom. The molecule has 4 aromatic rings. The first-order valence-corrected chi connectivity index (χ1v) is 12.8. The number of rotatable bonds is 9. The molecule has 0 bridgehead atoms. The lowest BCUT2D eigenvalue weighted by Gasteiger charge is -2.10. The molecule has 3 heterocycles. The average Bonchev–Trinajstić information content (AvgIpc) is 3.32. The van der Waals surface area contributed by atoms with Crippen molar-refractivity contribution in [3.05, 3.63) is 83.6 Å². The molecule has 0 aliphatic carbocycles. The summed E-state index contributed by atoms with van der Waals surface area (Å²) in [6, 6.07) is 18.1. The number of carbonyl (C=O) groups is 1. The van der Waals surface area contributed by atoms with Crippen LogP contribution in [0.4, 0.5) is 11.5 Å². The molecule has 1 amide bonds. The molecule has 0 radical (unpaired) electrons. The lowest BCUT2D eigenvalue weighted by Crippen LogP contribution is -2.31. The number of hydrogen-bond acceptors (Lipinski definition) is 8. The topological polar surface area (TPSA) is 128 Å². The number of aromatic nitrogens is 4. The number of sulfonamides is 1. The highest BCUT2D eigenvalue weighted by atomic mass is 35.5. The van der Waals surface area contributed by atoms with Gasteiger partial charge >= 0.3 is 0 Å². The first kappa shape index (κ1) is 25.1. The van der Waals surface area contributed by atoms with Crippen molar-refractivity contribution in [1.29, 1.82) is 0 Å². The number of nitrogens with one attached hydrogen (secondary N) is 2. The summed E-state index contributed by atoms with van der Waals surface area (Å²) in [6.45, 7) is 4.56. The molecule has 0 aliphatic heterocycles. The lowest BCUT2D eigenvalue weighted by atomic mass is 10.2. The smallest absolute Gasteiger partial charge is 0.281 e. The SMILES string of the molecule is CC(C)COc1ccn(-c2ccc(C(=O)NS(=O)(=O)c3cccc(Nc4ccccc4)n3)c(Cl)n2)n1. The summed E-state index contributed by atoms with van der Waals surface area (Å²) >= 11 is 6.21. The van der Waals surface area contributed by atoms with Gasteiger partial charge in [-0.05, 0) is 42.3 Å². The minimum atomic E-state index is -4.28. The van der Waals surface area contributed by atoms with Crippen LogP contribution in [0.2, 0.25) is 5.15 Å². The second-order valence-corrected chi connectivity index (χ2v) is 10.1. The van der Waals surface area contributed by atoms with Crippen LogP contribution in [0.25, 0.3) is 5.82 Å². The number of hydrogen-bond donors (Lipinski definition) is 2. The highest BCUT2D eigenvalue weighted by molar-refractivity contribution is 7.90. The Kier molecular flexibility index (Phi) is 7.51. The van der Waals surface area contributed by atoms with Gasteiger partial charge in [-0.15, -0.1) is 5.10 Å². The van der Waals surface area contributed by atoms with Crippen LogP contribution < -0.4 is 14.8 Å². The minimum absolute atomic E-state index is 0.119. The molecular weight excluding hydrogens is 504 g/mol. The third-order valence-electron chi connectivity index (χ3n) is 4.71. The van der Waals surface area contributed by atoms with Crippen molar-refractivity contribution in [3.8, 4) is 11.7 Å². The summed E-state index contributed by atoms with van der Waals surface area (Å²) in [6.07, 6.45) is 1.64. The highest BCUT2D eigenvalue weighted by Crippen LogP contribution is 2.20. The van der Waals surface area contributed by atoms with Crippen LogP contribution in [0.5, 0.6) is 5.88 Å². The Balaban J connectivity index is 1.48. The lowest BCUT2D eigenvalue weighted by molar-refractivity contribution is 0.0981. The molecule has 4 rings (SSSR count). The Hall–Kier alpha value is -3.96. The van der Waals surface area contributed by atoms with Gasteiger partial charge in [0.1, 0.15) is 11.0 Å². The van der Waals surface area contributed by atoms with E-state index in [1.807, 2.05) is 48.9 Å². The third kappa shape index (κ3) is 6.18. The minimum Gasteiger partial charge on any atom is -0.476 e. The highest BCUT2D eigenvalue weighted by Gasteiger charge is 2.23. The Morgan fingerprint density at radius 3 is 2.53 bits per heavy atom. The van der Waals surface area contributed by atoms with Crippen molar-refractivity contribution in [2.45, 2.75) is 18.9 Å². The quantitative estimate of drug-likeness (QED) is 0.310. The maximum atomic E-state index is 12.8. The van der Waals surface area contributed by atoms with Crippen molar-refractivity contribution in [1.82, 2.24) is 24.5 Å². The van der Waals surface area contributed by atoms with E-state index < -0.39 is 15.9 Å². The molecule has 10 nitrogen and oxygen atoms in total. The van der Waals surface area contributed by atoms with E-state index >= 15 is 0 Å². The fourth-order valence-corrected chi connectivity index (χ4v) is 4.19. The number of anilines is 2. The maximum Gasteiger partial charge on any atom is 0.281 e. The van der Waals surface area contributed by atoms with Gasteiger partial charge in [-0.2, -0.15) is 8.42 Å². The van der Waals surface area contributed by atoms with Crippen LogP contribution >= 0.6 is 11.6 Å². The van der Waals surface area contributed by atoms with Gasteiger partial charge in [-0.3, -0.25) is 4.79 Å². The van der Waals surface area contributed by atoms with Gasteiger partial charge < -0.3 is 10.1 Å². The molecule has 0 spiro atoms. The summed E-state index contributed by atoms with van der Waals surface area (Å²) in [5.41, 5.74) is 0.614. The number of ether oxygens (including phenoxy) is 1. The van der Waals surface area contributed by atoms with Crippen molar-refractivity contribution >= 4 is 39.0 Å². The van der Waals surface area contributed by atoms with Crippen LogP contribution in [-0.4, -0.2) is 40.7 Å². The molecule has 0 fully saturated rings. The standard InChI is InChI=1S/C24H23ClN6O4S/c1-16(2)15-35-21-13-14-31(29-21)20-12-11-18(23(25)28-20)24(32)30-36(33,34)22-10-6-9-19(27-22)26-17-7-4-3-5-8-17/h3-14,16H,15H2,1-2H3,(H,26,27)(H,30,32). The van der Waals surface area contributed by atoms with Gasteiger partial charge in [0.2, 0.25) is 5.88 Å². The van der Waals surface area contributed by atoms with Gasteiger partial charge in [-0.1, -0.05) is 49.7 Å². The average molecular weight is 527 g/mol. The maximum absolute atomic E-state index is 12.8. The Bertz CT molecular complexity index is 1470. The number of para-hydroxylation sites is 1. The van der Waals surface area contributed by atoms with Crippen LogP contribution in [0.1, 0.15) is 24.2 Å². The summed E-state index contributed by atoms with van der Waals surface area (Å²) in [7, 11) is -4.28. The molecule has 0 saturated heterocycles. The van der Waals surface area contributed by atoms with Crippen LogP contribution in [0.15, 0.2) is 78.0 Å². The molecule has 0 unspecified atom stereocenters. The molecule has 3 aromatic heterocycles. The van der Waals surface area contributed by atoms with Gasteiger partial charge in [0.05, 0.1) is 12.2 Å². The van der Waals surface area contributed by atoms with E-state index in [1.165, 1.54) is 28.9 Å². The largest absolute Gasteiger partial charge is 0.476 e. The first-order chi connectivity index (χ1) is 17.2. The molecule has 36 heavy (non-hydrogen) atoms. The second-order valence-electron chi connectivity index (χ2n) is 8.10. The normalized spacial score (nSPS) is 11.3. The molecular formula is C24H23ClN6O4S. The van der Waals surface area contributed by atoms with E-state index in [0.29, 0.717) is 30.0 Å². The van der Waals surface area contributed by atoms with E-state index in [4.69, 9.17) is 16.3 Å². The van der Waals surface area contributed by atoms with Gasteiger partial charge in [0.15, 0.2) is 10.8 Å². The van der Waals surface area contributed by atoms with Crippen LogP contribution in [-0.2, 0) is 10.0 Å².